The summed E-state index contributed by atoms with van der Waals surface area (Å²) in [5.74, 6) is 1.29. The van der Waals surface area contributed by atoms with Crippen molar-refractivity contribution in [3.8, 4) is 0 Å². The molecule has 0 atom stereocenters. The van der Waals surface area contributed by atoms with Crippen molar-refractivity contribution in [3.05, 3.63) is 70.9 Å². The summed E-state index contributed by atoms with van der Waals surface area (Å²) in [7, 11) is 0. The molecule has 0 fully saturated rings. The highest BCUT2D eigenvalue weighted by molar-refractivity contribution is 6.30. The number of hydrogen-bond acceptors (Lipinski definition) is 4. The van der Waals surface area contributed by atoms with Crippen LogP contribution < -0.4 is 10.6 Å². The minimum absolute atomic E-state index is 0.536. The fourth-order valence-electron chi connectivity index (χ4n) is 2.47. The summed E-state index contributed by atoms with van der Waals surface area (Å²) in [6.45, 7) is 4.08. The van der Waals surface area contributed by atoms with Crippen LogP contribution in [0.2, 0.25) is 5.02 Å². The maximum Gasteiger partial charge on any atom is 0.229 e. The molecule has 24 heavy (non-hydrogen) atoms. The van der Waals surface area contributed by atoms with Gasteiger partial charge in [-0.15, -0.1) is 0 Å². The summed E-state index contributed by atoms with van der Waals surface area (Å²) in [5.41, 5.74) is 4.05. The van der Waals surface area contributed by atoms with Crippen LogP contribution in [0, 0.1) is 6.92 Å². The summed E-state index contributed by atoms with van der Waals surface area (Å²) in [6.07, 6.45) is 0.959. The molecule has 2 N–H and O–H groups in total. The average Bonchev–Trinajstić information content (AvgIpc) is 2.55. The number of benzene rings is 2. The molecular formula is C19H19ClN4. The van der Waals surface area contributed by atoms with Gasteiger partial charge in [0.25, 0.3) is 0 Å². The molecule has 3 rings (SSSR count). The molecule has 0 spiro atoms. The monoisotopic (exact) mass is 338 g/mol. The minimum Gasteiger partial charge on any atom is -0.340 e. The van der Waals surface area contributed by atoms with Crippen molar-refractivity contribution < 1.29 is 0 Å². The standard InChI is InChI=1S/C19H19ClN4/c1-3-14-7-4-5-10-17(14)23-18-11-13(2)21-19(24-18)22-16-9-6-8-15(20)12-16/h4-12H,3H2,1-2H3,(H2,21,22,23,24). The Labute approximate surface area is 146 Å². The third kappa shape index (κ3) is 4.03. The molecule has 0 aliphatic heterocycles. The number of nitrogens with one attached hydrogen (secondary N) is 2. The molecule has 0 saturated heterocycles. The second-order valence-corrected chi connectivity index (χ2v) is 5.93. The number of para-hydroxylation sites is 1. The quantitative estimate of drug-likeness (QED) is 0.646. The normalized spacial score (nSPS) is 10.5. The van der Waals surface area contributed by atoms with Gasteiger partial charge in [-0.25, -0.2) is 4.98 Å². The van der Waals surface area contributed by atoms with Crippen molar-refractivity contribution in [2.75, 3.05) is 10.6 Å². The van der Waals surface area contributed by atoms with E-state index in [1.54, 1.807) is 0 Å². The van der Waals surface area contributed by atoms with Crippen LogP contribution in [-0.4, -0.2) is 9.97 Å². The Morgan fingerprint density at radius 1 is 0.958 bits per heavy atom. The van der Waals surface area contributed by atoms with Gasteiger partial charge in [0.2, 0.25) is 5.95 Å². The van der Waals surface area contributed by atoms with Crippen molar-refractivity contribution in [3.63, 3.8) is 0 Å². The van der Waals surface area contributed by atoms with Gasteiger partial charge in [-0.1, -0.05) is 42.8 Å². The highest BCUT2D eigenvalue weighted by Crippen LogP contribution is 2.23. The number of aromatic nitrogens is 2. The molecule has 0 aliphatic carbocycles. The Bertz CT molecular complexity index is 848. The van der Waals surface area contributed by atoms with Gasteiger partial charge >= 0.3 is 0 Å². The van der Waals surface area contributed by atoms with Crippen molar-refractivity contribution in [2.45, 2.75) is 20.3 Å². The first-order valence-corrected chi connectivity index (χ1v) is 8.25. The van der Waals surface area contributed by atoms with Gasteiger partial charge in [0, 0.05) is 28.2 Å². The van der Waals surface area contributed by atoms with E-state index in [0.717, 1.165) is 29.3 Å². The predicted molar refractivity (Wildman–Crippen MR) is 101 cm³/mol. The van der Waals surface area contributed by atoms with Crippen LogP contribution in [0.4, 0.5) is 23.1 Å². The molecule has 0 saturated carbocycles. The van der Waals surface area contributed by atoms with Crippen molar-refractivity contribution in [1.82, 2.24) is 9.97 Å². The number of hydrogen-bond donors (Lipinski definition) is 2. The highest BCUT2D eigenvalue weighted by Gasteiger charge is 2.06. The maximum absolute atomic E-state index is 6.02. The second kappa shape index (κ2) is 7.32. The third-order valence-corrected chi connectivity index (χ3v) is 3.83. The Hall–Kier alpha value is -2.59. The average molecular weight is 339 g/mol. The summed E-state index contributed by atoms with van der Waals surface area (Å²) in [4.78, 5) is 8.99. The lowest BCUT2D eigenvalue weighted by Crippen LogP contribution is -2.03. The molecule has 0 amide bonds. The molecule has 2 aromatic carbocycles. The molecule has 3 aromatic rings. The first-order chi connectivity index (χ1) is 11.6. The number of nitrogens with zero attached hydrogens (tertiary/aromatic N) is 2. The molecule has 1 heterocycles. The predicted octanol–water partition coefficient (Wildman–Crippen LogP) is 5.49. The summed E-state index contributed by atoms with van der Waals surface area (Å²) >= 11 is 6.02. The molecule has 0 bridgehead atoms. The maximum atomic E-state index is 6.02. The van der Waals surface area contributed by atoms with E-state index in [2.05, 4.69) is 39.7 Å². The Morgan fingerprint density at radius 3 is 2.58 bits per heavy atom. The van der Waals surface area contributed by atoms with E-state index in [4.69, 9.17) is 11.6 Å². The van der Waals surface area contributed by atoms with Crippen molar-refractivity contribution in [1.29, 1.82) is 0 Å². The number of rotatable bonds is 5. The van der Waals surface area contributed by atoms with Crippen LogP contribution in [0.1, 0.15) is 18.2 Å². The summed E-state index contributed by atoms with van der Waals surface area (Å²) in [6, 6.07) is 17.6. The highest BCUT2D eigenvalue weighted by atomic mass is 35.5. The van der Waals surface area contributed by atoms with Gasteiger partial charge in [0.15, 0.2) is 0 Å². The zero-order valence-electron chi connectivity index (χ0n) is 13.7. The fourth-order valence-corrected chi connectivity index (χ4v) is 2.66. The Morgan fingerprint density at radius 2 is 1.79 bits per heavy atom. The fraction of sp³-hybridized carbons (Fsp3) is 0.158. The largest absolute Gasteiger partial charge is 0.340 e. The molecular weight excluding hydrogens is 320 g/mol. The molecule has 5 heteroatoms. The molecule has 122 valence electrons. The number of halogens is 1. The van der Waals surface area contributed by atoms with Gasteiger partial charge < -0.3 is 10.6 Å². The SMILES string of the molecule is CCc1ccccc1Nc1cc(C)nc(Nc2cccc(Cl)c2)n1. The van der Waals surface area contributed by atoms with E-state index in [0.29, 0.717) is 11.0 Å². The van der Waals surface area contributed by atoms with E-state index >= 15 is 0 Å². The smallest absolute Gasteiger partial charge is 0.229 e. The van der Waals surface area contributed by atoms with Crippen LogP contribution in [0.3, 0.4) is 0 Å². The topological polar surface area (TPSA) is 49.8 Å². The zero-order valence-corrected chi connectivity index (χ0v) is 14.4. The van der Waals surface area contributed by atoms with E-state index in [1.165, 1.54) is 5.56 Å². The van der Waals surface area contributed by atoms with E-state index in [1.807, 2.05) is 49.4 Å². The third-order valence-electron chi connectivity index (χ3n) is 3.60. The lowest BCUT2D eigenvalue weighted by molar-refractivity contribution is 1.10. The van der Waals surface area contributed by atoms with Gasteiger partial charge in [-0.3, -0.25) is 0 Å². The number of aryl methyl sites for hydroxylation is 2. The summed E-state index contributed by atoms with van der Waals surface area (Å²) < 4.78 is 0. The van der Waals surface area contributed by atoms with Crippen LogP contribution in [0.15, 0.2) is 54.6 Å². The van der Waals surface area contributed by atoms with E-state index in [9.17, 15) is 0 Å². The van der Waals surface area contributed by atoms with Crippen LogP contribution in [0.25, 0.3) is 0 Å². The van der Waals surface area contributed by atoms with E-state index < -0.39 is 0 Å². The van der Waals surface area contributed by atoms with Crippen molar-refractivity contribution in [2.24, 2.45) is 0 Å². The van der Waals surface area contributed by atoms with Crippen LogP contribution in [0.5, 0.6) is 0 Å². The van der Waals surface area contributed by atoms with Gasteiger partial charge in [-0.2, -0.15) is 4.98 Å². The molecule has 4 nitrogen and oxygen atoms in total. The van der Waals surface area contributed by atoms with E-state index in [-0.39, 0.29) is 0 Å². The van der Waals surface area contributed by atoms with Crippen LogP contribution >= 0.6 is 11.6 Å². The Balaban J connectivity index is 1.86. The van der Waals surface area contributed by atoms with Crippen LogP contribution in [-0.2, 0) is 6.42 Å². The first-order valence-electron chi connectivity index (χ1n) is 7.87. The summed E-state index contributed by atoms with van der Waals surface area (Å²) in [5, 5.41) is 7.25. The lowest BCUT2D eigenvalue weighted by atomic mass is 10.1. The number of anilines is 4. The lowest BCUT2D eigenvalue weighted by Gasteiger charge is -2.12. The van der Waals surface area contributed by atoms with Gasteiger partial charge in [0.05, 0.1) is 0 Å². The van der Waals surface area contributed by atoms with Gasteiger partial charge in [-0.05, 0) is 43.2 Å². The van der Waals surface area contributed by atoms with Gasteiger partial charge in [0.1, 0.15) is 5.82 Å². The molecule has 0 aliphatic rings. The Kier molecular flexibility index (Phi) is 4.96. The zero-order chi connectivity index (χ0) is 16.9. The first kappa shape index (κ1) is 16.3. The second-order valence-electron chi connectivity index (χ2n) is 5.49. The molecule has 1 aromatic heterocycles. The molecule has 0 radical (unpaired) electrons. The minimum atomic E-state index is 0.536. The molecule has 0 unspecified atom stereocenters. The van der Waals surface area contributed by atoms with Crippen molar-refractivity contribution >= 4 is 34.7 Å².